The Morgan fingerprint density at radius 3 is 1.78 bits per heavy atom. The molecule has 0 saturated carbocycles. The predicted molar refractivity (Wildman–Crippen MR) is 235 cm³/mol. The molecule has 6 rings (SSSR count). The van der Waals surface area contributed by atoms with Gasteiger partial charge >= 0.3 is 176 Å². The van der Waals surface area contributed by atoms with E-state index in [1.807, 2.05) is 27.8 Å². The van der Waals surface area contributed by atoms with E-state index in [-0.39, 0.29) is 60.1 Å². The molecule has 14 nitrogen and oxygen atoms in total. The van der Waals surface area contributed by atoms with Crippen LogP contribution in [0, 0.1) is 0 Å². The number of carbonyl (C=O) groups is 4. The summed E-state index contributed by atoms with van der Waals surface area (Å²) < 4.78 is 35.9. The Balaban J connectivity index is 1.07. The zero-order valence-electron chi connectivity index (χ0n) is 34.4. The van der Waals surface area contributed by atoms with Gasteiger partial charge in [0.1, 0.15) is 6.04 Å². The van der Waals surface area contributed by atoms with Crippen molar-refractivity contribution in [3.8, 4) is 23.0 Å². The van der Waals surface area contributed by atoms with Gasteiger partial charge in [0.2, 0.25) is 5.91 Å². The molecule has 2 N–H and O–H groups in total. The molecule has 2 saturated heterocycles. The van der Waals surface area contributed by atoms with E-state index in [1.54, 1.807) is 41.9 Å². The molecule has 0 spiro atoms. The fraction of sp³-hybridized carbons (Fsp3) is 0.543. The third-order valence-electron chi connectivity index (χ3n) is 11.2. The molecule has 4 aliphatic heterocycles. The van der Waals surface area contributed by atoms with Crippen LogP contribution < -0.4 is 29.6 Å². The second-order valence-corrected chi connectivity index (χ2v) is 22.0. The van der Waals surface area contributed by atoms with E-state index >= 15 is 0 Å². The van der Waals surface area contributed by atoms with Crippen molar-refractivity contribution in [1.82, 2.24) is 9.80 Å². The maximum atomic E-state index is 13.8. The number of nitrogens with zero attached hydrogens (tertiary/aromatic N) is 2. The van der Waals surface area contributed by atoms with Crippen molar-refractivity contribution in [2.75, 3.05) is 51.2 Å². The van der Waals surface area contributed by atoms with Crippen molar-refractivity contribution < 1.29 is 46.7 Å². The summed E-state index contributed by atoms with van der Waals surface area (Å²) in [4.78, 5) is 57.5. The average molecular weight is 820 g/mol. The molecule has 298 valence electrons. The van der Waals surface area contributed by atoms with Gasteiger partial charge < -0.3 is 24.1 Å². The first-order valence-electron chi connectivity index (χ1n) is 19.4. The van der Waals surface area contributed by atoms with E-state index in [9.17, 15) is 19.2 Å². The van der Waals surface area contributed by atoms with Crippen LogP contribution in [0.1, 0.15) is 60.7 Å². The second kappa shape index (κ2) is 18.3. The van der Waals surface area contributed by atoms with Crippen molar-refractivity contribution >= 4 is 100 Å². The van der Waals surface area contributed by atoms with Crippen LogP contribution in [0.3, 0.4) is 0 Å². The zero-order chi connectivity index (χ0) is 41.9. The number of hydrogen-bond donors (Lipinski definition) is 2. The number of ether oxygens (including phenoxy) is 4. The van der Waals surface area contributed by atoms with Gasteiger partial charge in [0, 0.05) is 25.5 Å². The standard InChI is InChI=1S/C35H47B7N4O10SSi/c1-35(2,3)58(6,7)56-20-12-26-32(48)44-24-16-30(28(52-5)14-22(24)34(50)46(26)18-20)54-10-8-9-53-29-15-23-21(13-27(29)51-4)33(49)45-17-19(11-25(45)31(47)43-23)55-57(37)42-41-40-39-38-36/h13-16,19-20,25-26H,8-12,17-18,36H2,1-7H3,(H,43,47)(H,44,48)/t19-,20-,25+,26+/m1/s1. The minimum atomic E-state index is -2.12. The first-order valence-corrected chi connectivity index (χ1v) is 23.6. The fourth-order valence-corrected chi connectivity index (χ4v) is 9.29. The van der Waals surface area contributed by atoms with Gasteiger partial charge in [-0.15, -0.1) is 0 Å². The quantitative estimate of drug-likeness (QED) is 0.225. The topological polar surface area (TPSA) is 154 Å². The maximum absolute atomic E-state index is 13.8. The number of methoxy groups -OCH3 is 2. The van der Waals surface area contributed by atoms with Gasteiger partial charge in [0.15, 0.2) is 19.8 Å². The SMILES string of the molecule is B#S(=BB=BB=BB)O[C@@H]1C[C@H]2C(=O)Nc3cc(OCCCOc4cc5c(cc4OC)C(=O)N4C[C@H](O[Si](C)(C)C(C)(C)C)C[C@H]4C(=O)N5)c(OC)cc3C(=O)N2C1. The van der Waals surface area contributed by atoms with Crippen molar-refractivity contribution in [1.29, 1.82) is 0 Å². The second-order valence-electron chi connectivity index (χ2n) is 16.1. The molecule has 4 amide bonds. The number of benzene rings is 2. The van der Waals surface area contributed by atoms with Crippen LogP contribution in [0.5, 0.6) is 23.0 Å². The summed E-state index contributed by atoms with van der Waals surface area (Å²) in [5.41, 5.74) is 1.26. The molecule has 0 unspecified atom stereocenters. The number of rotatable bonds is 13. The number of fused-ring (bicyclic) bond motifs is 4. The fourth-order valence-electron chi connectivity index (χ4n) is 7.17. The molecule has 23 heteroatoms. The number of hydrogen-bond acceptors (Lipinski definition) is 10. The first kappa shape index (κ1) is 43.9. The Morgan fingerprint density at radius 1 is 0.793 bits per heavy atom. The van der Waals surface area contributed by atoms with Crippen molar-refractivity contribution in [2.45, 2.75) is 82.5 Å². The minimum absolute atomic E-state index is 0.00453. The van der Waals surface area contributed by atoms with Crippen LogP contribution in [0.15, 0.2) is 24.3 Å². The zero-order valence-corrected chi connectivity index (χ0v) is 36.2. The Labute approximate surface area is 347 Å². The van der Waals surface area contributed by atoms with Gasteiger partial charge in [-0.1, -0.05) is 20.8 Å². The number of nitrogens with one attached hydrogen (secondary N) is 2. The normalized spacial score (nSPS) is 21.6. The van der Waals surface area contributed by atoms with Crippen LogP contribution in [-0.4, -0.2) is 154 Å². The molecular weight excluding hydrogens is 772 g/mol. The average Bonchev–Trinajstić information content (AvgIpc) is 3.75. The van der Waals surface area contributed by atoms with Crippen molar-refractivity contribution in [3.63, 3.8) is 0 Å². The van der Waals surface area contributed by atoms with Gasteiger partial charge in [-0.2, -0.15) is 0 Å². The monoisotopic (exact) mass is 820 g/mol. The summed E-state index contributed by atoms with van der Waals surface area (Å²) in [6.07, 6.45) is 0.529. The summed E-state index contributed by atoms with van der Waals surface area (Å²) in [5, 5.41) is 5.83. The van der Waals surface area contributed by atoms with E-state index in [0.29, 0.717) is 65.7 Å². The molecule has 2 aromatic rings. The number of amides is 4. The van der Waals surface area contributed by atoms with Gasteiger partial charge in [-0.05, 0) is 24.2 Å². The summed E-state index contributed by atoms with van der Waals surface area (Å²) in [7, 11) is 1.78. The van der Waals surface area contributed by atoms with Gasteiger partial charge in [0.25, 0.3) is 5.91 Å². The van der Waals surface area contributed by atoms with Crippen LogP contribution in [0.2, 0.25) is 18.1 Å². The Morgan fingerprint density at radius 2 is 1.29 bits per heavy atom. The van der Waals surface area contributed by atoms with E-state index in [1.165, 1.54) is 19.1 Å². The third-order valence-corrected chi connectivity index (χ3v) is 16.6. The summed E-state index contributed by atoms with van der Waals surface area (Å²) in [5.74, 6) is 0.167. The van der Waals surface area contributed by atoms with E-state index in [2.05, 4.69) is 44.5 Å². The predicted octanol–water partition coefficient (Wildman–Crippen LogP) is 1.57. The molecule has 0 aliphatic carbocycles. The summed E-state index contributed by atoms with van der Waals surface area (Å²) in [6.45, 7) is 25.3. The van der Waals surface area contributed by atoms with Gasteiger partial charge in [-0.3, -0.25) is 9.59 Å². The first-order chi connectivity index (χ1) is 27.5. The van der Waals surface area contributed by atoms with Gasteiger partial charge in [0.05, 0.1) is 31.1 Å². The Bertz CT molecular complexity index is 2190. The molecule has 58 heavy (non-hydrogen) atoms. The molecule has 2 fully saturated rings. The molecule has 4 aliphatic rings. The number of carbonyl (C=O) groups excluding carboxylic acids is 4. The van der Waals surface area contributed by atoms with Crippen molar-refractivity contribution in [3.05, 3.63) is 35.4 Å². The van der Waals surface area contributed by atoms with Crippen LogP contribution >= 0.6 is 9.84 Å². The molecule has 0 bridgehead atoms. The summed E-state index contributed by atoms with van der Waals surface area (Å²) in [6, 6.07) is 6.73. The van der Waals surface area contributed by atoms with Crippen LogP contribution in [0.25, 0.3) is 0 Å². The Kier molecular flexibility index (Phi) is 13.9. The molecule has 4 heterocycles. The molecule has 2 aromatic carbocycles. The van der Waals surface area contributed by atoms with Crippen LogP contribution in [-0.2, 0) is 18.2 Å². The van der Waals surface area contributed by atoms with Gasteiger partial charge in [-0.25, -0.2) is 0 Å². The molecular formula is C35H47B7N4O10SSi. The molecule has 0 aromatic heterocycles. The van der Waals surface area contributed by atoms with Crippen molar-refractivity contribution in [2.24, 2.45) is 0 Å². The number of anilines is 2. The van der Waals surface area contributed by atoms with E-state index < -0.39 is 36.3 Å². The van der Waals surface area contributed by atoms with E-state index in [0.717, 1.165) is 0 Å². The Hall–Kier alpha value is -3.67. The molecule has 4 atom stereocenters. The molecule has 0 radical (unpaired) electrons. The van der Waals surface area contributed by atoms with Crippen LogP contribution in [0.4, 0.5) is 11.4 Å². The van der Waals surface area contributed by atoms with E-state index in [4.69, 9.17) is 34.1 Å². The third kappa shape index (κ3) is 9.52. The summed E-state index contributed by atoms with van der Waals surface area (Å²) >= 11 is 0.